The number of benzene rings is 1. The number of carbonyl (C=O) groups excluding carboxylic acids is 1. The Kier molecular flexibility index (Phi) is 4.63. The third kappa shape index (κ3) is 3.39. The summed E-state index contributed by atoms with van der Waals surface area (Å²) in [5.74, 6) is 0.304. The Bertz CT molecular complexity index is 441. The van der Waals surface area contributed by atoms with Crippen molar-refractivity contribution in [3.8, 4) is 0 Å². The van der Waals surface area contributed by atoms with Gasteiger partial charge in [0, 0.05) is 6.54 Å². The van der Waals surface area contributed by atoms with E-state index in [0.717, 1.165) is 0 Å². The van der Waals surface area contributed by atoms with E-state index in [1.165, 1.54) is 0 Å². The first-order valence-electron chi connectivity index (χ1n) is 6.08. The molecule has 1 amide bonds. The molecule has 0 radical (unpaired) electrons. The third-order valence-corrected chi connectivity index (χ3v) is 3.89. The minimum atomic E-state index is -0.177. The van der Waals surface area contributed by atoms with Gasteiger partial charge in [-0.05, 0) is 23.5 Å². The number of amides is 1. The Morgan fingerprint density at radius 2 is 2.06 bits per heavy atom. The molecule has 3 N–H and O–H groups in total. The largest absolute Gasteiger partial charge is 0.397 e. The number of hydrogen-bond acceptors (Lipinski definition) is 2. The van der Waals surface area contributed by atoms with Crippen molar-refractivity contribution < 1.29 is 4.79 Å². The van der Waals surface area contributed by atoms with E-state index < -0.39 is 0 Å². The summed E-state index contributed by atoms with van der Waals surface area (Å²) in [5, 5.41) is 3.32. The number of rotatable bonds is 4. The minimum Gasteiger partial charge on any atom is -0.397 e. The van der Waals surface area contributed by atoms with Gasteiger partial charge >= 0.3 is 0 Å². The average Bonchev–Trinajstić information content (AvgIpc) is 2.29. The summed E-state index contributed by atoms with van der Waals surface area (Å²) in [6, 6.07) is 5.08. The molecule has 0 aliphatic rings. The fourth-order valence-electron chi connectivity index (χ4n) is 1.34. The Labute approximate surface area is 114 Å². The molecule has 1 aromatic rings. The summed E-state index contributed by atoms with van der Waals surface area (Å²) < 4.78 is 0. The fourth-order valence-corrected chi connectivity index (χ4v) is 1.52. The predicted molar refractivity (Wildman–Crippen MR) is 76.8 cm³/mol. The van der Waals surface area contributed by atoms with Gasteiger partial charge in [0.2, 0.25) is 0 Å². The zero-order valence-electron chi connectivity index (χ0n) is 11.4. The average molecular weight is 269 g/mol. The summed E-state index contributed by atoms with van der Waals surface area (Å²) in [6.45, 7) is 9.13. The van der Waals surface area contributed by atoms with Crippen LogP contribution in [-0.2, 0) is 0 Å². The van der Waals surface area contributed by atoms with E-state index in [1.54, 1.807) is 18.2 Å². The van der Waals surface area contributed by atoms with Gasteiger partial charge < -0.3 is 11.1 Å². The van der Waals surface area contributed by atoms with Gasteiger partial charge in [0.15, 0.2) is 0 Å². The zero-order valence-corrected chi connectivity index (χ0v) is 12.1. The second-order valence-electron chi connectivity index (χ2n) is 5.53. The van der Waals surface area contributed by atoms with E-state index in [9.17, 15) is 4.79 Å². The topological polar surface area (TPSA) is 55.1 Å². The molecular formula is C14H21ClN2O. The van der Waals surface area contributed by atoms with Gasteiger partial charge in [-0.3, -0.25) is 4.79 Å². The van der Waals surface area contributed by atoms with Gasteiger partial charge in [-0.2, -0.15) is 0 Å². The van der Waals surface area contributed by atoms with Gasteiger partial charge in [-0.25, -0.2) is 0 Å². The molecule has 0 saturated heterocycles. The van der Waals surface area contributed by atoms with E-state index in [0.29, 0.717) is 28.7 Å². The van der Waals surface area contributed by atoms with Crippen molar-refractivity contribution in [3.63, 3.8) is 0 Å². The van der Waals surface area contributed by atoms with Crippen LogP contribution in [0.2, 0.25) is 5.02 Å². The van der Waals surface area contributed by atoms with Crippen LogP contribution in [0, 0.1) is 11.3 Å². The van der Waals surface area contributed by atoms with Crippen molar-refractivity contribution in [3.05, 3.63) is 28.8 Å². The minimum absolute atomic E-state index is 0.0446. The molecule has 0 aliphatic carbocycles. The van der Waals surface area contributed by atoms with E-state index in [2.05, 4.69) is 33.0 Å². The van der Waals surface area contributed by atoms with Crippen LogP contribution in [0.15, 0.2) is 18.2 Å². The highest BCUT2D eigenvalue weighted by Crippen LogP contribution is 2.26. The maximum Gasteiger partial charge on any atom is 0.253 e. The summed E-state index contributed by atoms with van der Waals surface area (Å²) in [7, 11) is 0. The highest BCUT2D eigenvalue weighted by molar-refractivity contribution is 6.33. The molecule has 100 valence electrons. The van der Waals surface area contributed by atoms with Crippen LogP contribution in [0.3, 0.4) is 0 Å². The van der Waals surface area contributed by atoms with E-state index in [4.69, 9.17) is 17.3 Å². The zero-order chi connectivity index (χ0) is 13.9. The smallest absolute Gasteiger partial charge is 0.253 e. The highest BCUT2D eigenvalue weighted by atomic mass is 35.5. The maximum absolute atomic E-state index is 12.0. The van der Waals surface area contributed by atoms with Crippen LogP contribution in [0.25, 0.3) is 0 Å². The van der Waals surface area contributed by atoms with Crippen molar-refractivity contribution in [2.45, 2.75) is 27.7 Å². The lowest BCUT2D eigenvalue weighted by atomic mass is 9.81. The van der Waals surface area contributed by atoms with Crippen molar-refractivity contribution in [1.29, 1.82) is 0 Å². The standard InChI is InChI=1S/C14H21ClN2O/c1-9(2)14(3,4)8-17-13(18)10-6-5-7-11(15)12(10)16/h5-7,9H,8,16H2,1-4H3,(H,17,18). The fraction of sp³-hybridized carbons (Fsp3) is 0.500. The van der Waals surface area contributed by atoms with Crippen LogP contribution in [-0.4, -0.2) is 12.5 Å². The summed E-state index contributed by atoms with van der Waals surface area (Å²) in [6.07, 6.45) is 0. The SMILES string of the molecule is CC(C)C(C)(C)CNC(=O)c1cccc(Cl)c1N. The second-order valence-corrected chi connectivity index (χ2v) is 5.93. The Hall–Kier alpha value is -1.22. The van der Waals surface area contributed by atoms with Gasteiger partial charge in [0.1, 0.15) is 0 Å². The number of hydrogen-bond donors (Lipinski definition) is 2. The molecule has 0 heterocycles. The molecule has 0 fully saturated rings. The van der Waals surface area contributed by atoms with Crippen molar-refractivity contribution >= 4 is 23.2 Å². The molecule has 1 aromatic carbocycles. The van der Waals surface area contributed by atoms with Crippen molar-refractivity contribution in [2.24, 2.45) is 11.3 Å². The normalized spacial score (nSPS) is 11.7. The third-order valence-electron chi connectivity index (χ3n) is 3.57. The number of nitrogen functional groups attached to an aromatic ring is 1. The summed E-state index contributed by atoms with van der Waals surface area (Å²) in [5.41, 5.74) is 6.60. The van der Waals surface area contributed by atoms with Gasteiger partial charge in [-0.1, -0.05) is 45.4 Å². The molecule has 18 heavy (non-hydrogen) atoms. The maximum atomic E-state index is 12.0. The van der Waals surface area contributed by atoms with Crippen LogP contribution in [0.1, 0.15) is 38.1 Å². The van der Waals surface area contributed by atoms with Gasteiger partial charge in [-0.15, -0.1) is 0 Å². The number of nitrogens with two attached hydrogens (primary N) is 1. The van der Waals surface area contributed by atoms with Gasteiger partial charge in [0.25, 0.3) is 5.91 Å². The number of carbonyl (C=O) groups is 1. The molecule has 0 spiro atoms. The molecule has 0 aliphatic heterocycles. The van der Waals surface area contributed by atoms with E-state index in [1.807, 2.05) is 0 Å². The number of nitrogens with one attached hydrogen (secondary N) is 1. The molecule has 1 rings (SSSR count). The predicted octanol–water partition coefficient (Wildman–Crippen LogP) is 3.33. The van der Waals surface area contributed by atoms with E-state index in [-0.39, 0.29) is 11.3 Å². The monoisotopic (exact) mass is 268 g/mol. The van der Waals surface area contributed by atoms with Gasteiger partial charge in [0.05, 0.1) is 16.3 Å². The van der Waals surface area contributed by atoms with E-state index >= 15 is 0 Å². The first-order chi connectivity index (χ1) is 8.25. The quantitative estimate of drug-likeness (QED) is 0.823. The first kappa shape index (κ1) is 14.8. The molecule has 0 aromatic heterocycles. The Balaban J connectivity index is 2.75. The molecule has 0 saturated carbocycles. The highest BCUT2D eigenvalue weighted by Gasteiger charge is 2.23. The van der Waals surface area contributed by atoms with Crippen molar-refractivity contribution in [2.75, 3.05) is 12.3 Å². The Morgan fingerprint density at radius 1 is 1.44 bits per heavy atom. The lowest BCUT2D eigenvalue weighted by molar-refractivity contribution is 0.0925. The molecule has 0 bridgehead atoms. The second kappa shape index (κ2) is 5.61. The lowest BCUT2D eigenvalue weighted by Gasteiger charge is -2.29. The van der Waals surface area contributed by atoms with Crippen molar-refractivity contribution in [1.82, 2.24) is 5.32 Å². The van der Waals surface area contributed by atoms with Crippen LogP contribution < -0.4 is 11.1 Å². The molecule has 0 atom stereocenters. The number of anilines is 1. The molecule has 0 unspecified atom stereocenters. The van der Waals surface area contributed by atoms with Crippen LogP contribution in [0.4, 0.5) is 5.69 Å². The van der Waals surface area contributed by atoms with Crippen LogP contribution in [0.5, 0.6) is 0 Å². The molecule has 4 heteroatoms. The Morgan fingerprint density at radius 3 is 2.61 bits per heavy atom. The lowest BCUT2D eigenvalue weighted by Crippen LogP contribution is -2.37. The number of halogens is 1. The molecular weight excluding hydrogens is 248 g/mol. The first-order valence-corrected chi connectivity index (χ1v) is 6.45. The molecule has 3 nitrogen and oxygen atoms in total. The van der Waals surface area contributed by atoms with Crippen LogP contribution >= 0.6 is 11.6 Å². The summed E-state index contributed by atoms with van der Waals surface area (Å²) in [4.78, 5) is 12.0. The summed E-state index contributed by atoms with van der Waals surface area (Å²) >= 11 is 5.89. The number of para-hydroxylation sites is 1.